The quantitative estimate of drug-likeness (QED) is 0.137. The van der Waals surface area contributed by atoms with Crippen molar-refractivity contribution in [1.29, 1.82) is 0 Å². The van der Waals surface area contributed by atoms with Crippen molar-refractivity contribution in [2.45, 2.75) is 19.6 Å². The van der Waals surface area contributed by atoms with Gasteiger partial charge in [0, 0.05) is 33.4 Å². The monoisotopic (exact) mass is 678 g/mol. The van der Waals surface area contributed by atoms with E-state index in [1.54, 1.807) is 0 Å². The summed E-state index contributed by atoms with van der Waals surface area (Å²) in [6.45, 7) is 5.13. The number of benzene rings is 6. The van der Waals surface area contributed by atoms with Crippen LogP contribution in [0.25, 0.3) is 33.9 Å². The molecule has 0 atom stereocenters. The molecule has 254 valence electrons. The molecule has 6 nitrogen and oxygen atoms in total. The first-order valence-electron chi connectivity index (χ1n) is 17.7. The summed E-state index contributed by atoms with van der Waals surface area (Å²) in [6.07, 6.45) is 0. The number of imidazole rings is 1. The fraction of sp³-hybridized carbons (Fsp3) is 0.109. The van der Waals surface area contributed by atoms with Crippen molar-refractivity contribution in [1.82, 2.24) is 9.55 Å². The minimum atomic E-state index is -1.31. The lowest BCUT2D eigenvalue weighted by Gasteiger charge is -2.30. The van der Waals surface area contributed by atoms with Crippen LogP contribution in [0.5, 0.6) is 11.5 Å². The summed E-state index contributed by atoms with van der Waals surface area (Å²) >= 11 is 0. The number of aromatic nitrogens is 2. The maximum Gasteiger partial charge on any atom is 0.261 e. The maximum absolute atomic E-state index is 5.92. The Morgan fingerprint density at radius 1 is 0.462 bits per heavy atom. The van der Waals surface area contributed by atoms with Crippen molar-refractivity contribution >= 4 is 11.4 Å². The molecule has 8 rings (SSSR count). The summed E-state index contributed by atoms with van der Waals surface area (Å²) < 4.78 is 14.0. The van der Waals surface area contributed by atoms with Gasteiger partial charge in [-0.25, -0.2) is 15.0 Å². The lowest BCUT2D eigenvalue weighted by atomic mass is 10.0. The van der Waals surface area contributed by atoms with E-state index in [-0.39, 0.29) is 0 Å². The van der Waals surface area contributed by atoms with Crippen LogP contribution in [0.2, 0.25) is 0 Å². The van der Waals surface area contributed by atoms with Crippen LogP contribution in [-0.2, 0) is 5.79 Å². The Balaban J connectivity index is 1.52. The standard InChI is InChI=1S/C46H38N4O2/c1-3-51-39-29-25-37(26-30-39)45-47-43(35-21-13-7-14-22-35)44(36-23-15-8-16-24-36)50(45)46(38-27-31-40(32-28-38)52-4-2)48-41(33-17-9-5-10-18-33)42(49-46)34-19-11-6-12-20-34/h5-32H,3-4H2,1-2H3. The van der Waals surface area contributed by atoms with Crippen molar-refractivity contribution in [3.05, 3.63) is 187 Å². The highest BCUT2D eigenvalue weighted by Gasteiger charge is 2.45. The highest BCUT2D eigenvalue weighted by atomic mass is 16.5. The van der Waals surface area contributed by atoms with Gasteiger partial charge in [-0.15, -0.1) is 0 Å². The molecule has 52 heavy (non-hydrogen) atoms. The number of rotatable bonds is 11. The Labute approximate surface area is 304 Å². The van der Waals surface area contributed by atoms with Crippen LogP contribution in [0, 0.1) is 0 Å². The number of nitrogens with zero attached hydrogens (tertiary/aromatic N) is 4. The van der Waals surface area contributed by atoms with Crippen LogP contribution in [-0.4, -0.2) is 34.2 Å². The molecule has 1 aromatic heterocycles. The largest absolute Gasteiger partial charge is 0.494 e. The predicted molar refractivity (Wildman–Crippen MR) is 210 cm³/mol. The van der Waals surface area contributed by atoms with E-state index in [2.05, 4.69) is 102 Å². The number of hydrogen-bond donors (Lipinski definition) is 0. The zero-order chi connectivity index (χ0) is 35.3. The number of hydrogen-bond acceptors (Lipinski definition) is 5. The Bertz CT molecular complexity index is 2280. The van der Waals surface area contributed by atoms with Gasteiger partial charge in [-0.1, -0.05) is 121 Å². The summed E-state index contributed by atoms with van der Waals surface area (Å²) in [5.41, 5.74) is 9.06. The topological polar surface area (TPSA) is 61.0 Å². The second-order valence-electron chi connectivity index (χ2n) is 12.4. The zero-order valence-corrected chi connectivity index (χ0v) is 29.2. The second-order valence-corrected chi connectivity index (χ2v) is 12.4. The molecule has 0 saturated carbocycles. The lowest BCUT2D eigenvalue weighted by Crippen LogP contribution is -2.31. The molecule has 0 spiro atoms. The average molecular weight is 679 g/mol. The van der Waals surface area contributed by atoms with E-state index in [0.717, 1.165) is 73.5 Å². The number of aliphatic imine (C=N–C) groups is 2. The van der Waals surface area contributed by atoms with Gasteiger partial charge in [-0.2, -0.15) is 0 Å². The van der Waals surface area contributed by atoms with Gasteiger partial charge in [-0.3, -0.25) is 4.57 Å². The Hall–Kier alpha value is -6.53. The average Bonchev–Trinajstić information content (AvgIpc) is 3.82. The third-order valence-corrected chi connectivity index (χ3v) is 9.11. The molecule has 2 heterocycles. The molecule has 0 amide bonds. The summed E-state index contributed by atoms with van der Waals surface area (Å²) in [7, 11) is 0. The number of ether oxygens (including phenoxy) is 2. The van der Waals surface area contributed by atoms with Crippen molar-refractivity contribution in [3.8, 4) is 45.4 Å². The Kier molecular flexibility index (Phi) is 9.03. The molecule has 0 aliphatic carbocycles. The van der Waals surface area contributed by atoms with Gasteiger partial charge < -0.3 is 9.47 Å². The normalized spacial score (nSPS) is 13.3. The Morgan fingerprint density at radius 2 is 0.885 bits per heavy atom. The highest BCUT2D eigenvalue weighted by Crippen LogP contribution is 2.46. The van der Waals surface area contributed by atoms with Gasteiger partial charge in [0.05, 0.1) is 36.0 Å². The van der Waals surface area contributed by atoms with Gasteiger partial charge in [-0.05, 0) is 62.4 Å². The molecule has 7 aromatic rings. The first kappa shape index (κ1) is 32.7. The lowest BCUT2D eigenvalue weighted by molar-refractivity contribution is 0.339. The van der Waals surface area contributed by atoms with Gasteiger partial charge >= 0.3 is 0 Å². The molecule has 0 bridgehead atoms. The zero-order valence-electron chi connectivity index (χ0n) is 29.2. The second kappa shape index (κ2) is 14.4. The SMILES string of the molecule is CCOc1ccc(-c2nc(-c3ccccc3)c(-c3ccccc3)n2C2(c3ccc(OCC)cc3)N=C(c3ccccc3)C(c3ccccc3)=N2)cc1. The van der Waals surface area contributed by atoms with E-state index in [1.807, 2.05) is 86.6 Å². The molecule has 1 aliphatic rings. The summed E-state index contributed by atoms with van der Waals surface area (Å²) in [4.78, 5) is 17.0. The van der Waals surface area contributed by atoms with E-state index in [9.17, 15) is 0 Å². The van der Waals surface area contributed by atoms with E-state index in [1.165, 1.54) is 0 Å². The third kappa shape index (κ3) is 6.09. The van der Waals surface area contributed by atoms with Crippen LogP contribution < -0.4 is 9.47 Å². The molecule has 6 aromatic carbocycles. The van der Waals surface area contributed by atoms with Crippen LogP contribution >= 0.6 is 0 Å². The van der Waals surface area contributed by atoms with Crippen molar-refractivity contribution in [2.24, 2.45) is 9.98 Å². The smallest absolute Gasteiger partial charge is 0.261 e. The van der Waals surface area contributed by atoms with Crippen molar-refractivity contribution in [3.63, 3.8) is 0 Å². The van der Waals surface area contributed by atoms with Crippen LogP contribution in [0.4, 0.5) is 0 Å². The first-order chi connectivity index (χ1) is 25.7. The molecule has 0 fully saturated rings. The van der Waals surface area contributed by atoms with E-state index in [4.69, 9.17) is 24.4 Å². The molecule has 0 saturated heterocycles. The van der Waals surface area contributed by atoms with Gasteiger partial charge in [0.1, 0.15) is 17.3 Å². The van der Waals surface area contributed by atoms with Crippen LogP contribution in [0.3, 0.4) is 0 Å². The van der Waals surface area contributed by atoms with Crippen LogP contribution in [0.15, 0.2) is 180 Å². The van der Waals surface area contributed by atoms with Crippen LogP contribution in [0.1, 0.15) is 30.5 Å². The maximum atomic E-state index is 5.92. The predicted octanol–water partition coefficient (Wildman–Crippen LogP) is 10.3. The van der Waals surface area contributed by atoms with Gasteiger partial charge in [0.25, 0.3) is 5.79 Å². The van der Waals surface area contributed by atoms with Gasteiger partial charge in [0.15, 0.2) is 0 Å². The summed E-state index contributed by atoms with van der Waals surface area (Å²) in [6, 6.07) is 57.7. The van der Waals surface area contributed by atoms with E-state index < -0.39 is 5.79 Å². The third-order valence-electron chi connectivity index (χ3n) is 9.11. The minimum absolute atomic E-state index is 0.569. The first-order valence-corrected chi connectivity index (χ1v) is 17.7. The van der Waals surface area contributed by atoms with E-state index in [0.29, 0.717) is 13.2 Å². The van der Waals surface area contributed by atoms with Gasteiger partial charge in [0.2, 0.25) is 0 Å². The highest BCUT2D eigenvalue weighted by molar-refractivity contribution is 6.54. The molecule has 6 heteroatoms. The fourth-order valence-electron chi connectivity index (χ4n) is 6.78. The summed E-state index contributed by atoms with van der Waals surface area (Å²) in [5.74, 6) is 1.00. The molecular weight excluding hydrogens is 641 g/mol. The minimum Gasteiger partial charge on any atom is -0.494 e. The molecule has 0 radical (unpaired) electrons. The summed E-state index contributed by atoms with van der Waals surface area (Å²) in [5, 5.41) is 0. The molecule has 1 aliphatic heterocycles. The molecule has 0 N–H and O–H groups in total. The van der Waals surface area contributed by atoms with E-state index >= 15 is 0 Å². The molecular formula is C46H38N4O2. The fourth-order valence-corrected chi connectivity index (χ4v) is 6.78. The Morgan fingerprint density at radius 3 is 1.35 bits per heavy atom. The molecule has 0 unspecified atom stereocenters. The van der Waals surface area contributed by atoms with Crippen molar-refractivity contribution < 1.29 is 9.47 Å². The van der Waals surface area contributed by atoms with Crippen molar-refractivity contribution in [2.75, 3.05) is 13.2 Å².